The van der Waals surface area contributed by atoms with Gasteiger partial charge in [-0.15, -0.1) is 0 Å². The topological polar surface area (TPSA) is 16.1 Å². The lowest BCUT2D eigenvalue weighted by molar-refractivity contribution is 0.433. The molecule has 0 radical (unpaired) electrons. The quantitative estimate of drug-likeness (QED) is 0.483. The molecule has 0 N–H and O–H groups in total. The maximum atomic E-state index is 13.9. The normalized spacial score (nSPS) is 14.8. The van der Waals surface area contributed by atoms with E-state index in [1.807, 2.05) is 43.3 Å². The van der Waals surface area contributed by atoms with Gasteiger partial charge in [-0.2, -0.15) is 0 Å². The van der Waals surface area contributed by atoms with Gasteiger partial charge in [0, 0.05) is 23.3 Å². The van der Waals surface area contributed by atoms with Gasteiger partial charge < -0.3 is 0 Å². The van der Waals surface area contributed by atoms with Crippen molar-refractivity contribution in [3.63, 3.8) is 0 Å². The SMILES string of the molecule is Cc1cccc(C#CC=C2CCN(Sc3ccc(Br)cc3F)CC2)n1. The number of nitrogens with zero attached hydrogens (tertiary/aromatic N) is 2. The molecule has 0 aliphatic carbocycles. The Kier molecular flexibility index (Phi) is 6.30. The molecule has 0 unspecified atom stereocenters. The van der Waals surface area contributed by atoms with Crippen LogP contribution in [0.25, 0.3) is 0 Å². The van der Waals surface area contributed by atoms with Crippen molar-refractivity contribution in [1.29, 1.82) is 0 Å². The molecule has 2 nitrogen and oxygen atoms in total. The van der Waals surface area contributed by atoms with Crippen LogP contribution < -0.4 is 0 Å². The summed E-state index contributed by atoms with van der Waals surface area (Å²) in [6.45, 7) is 3.76. The first-order valence-electron chi connectivity index (χ1n) is 8.11. The van der Waals surface area contributed by atoms with E-state index in [4.69, 9.17) is 0 Å². The van der Waals surface area contributed by atoms with Gasteiger partial charge in [-0.05, 0) is 74.0 Å². The van der Waals surface area contributed by atoms with Crippen LogP contribution in [0.15, 0.2) is 57.4 Å². The second-order valence-electron chi connectivity index (χ2n) is 5.83. The van der Waals surface area contributed by atoms with Crippen LogP contribution in [0.2, 0.25) is 0 Å². The van der Waals surface area contributed by atoms with E-state index in [0.29, 0.717) is 4.90 Å². The number of halogens is 2. The predicted molar refractivity (Wildman–Crippen MR) is 105 cm³/mol. The van der Waals surface area contributed by atoms with E-state index < -0.39 is 0 Å². The molecule has 25 heavy (non-hydrogen) atoms. The van der Waals surface area contributed by atoms with Crippen molar-refractivity contribution in [3.8, 4) is 11.8 Å². The molecule has 2 heterocycles. The number of benzene rings is 1. The number of pyridine rings is 1. The number of aryl methyl sites for hydroxylation is 1. The Morgan fingerprint density at radius 2 is 2.04 bits per heavy atom. The maximum Gasteiger partial charge on any atom is 0.139 e. The third kappa shape index (κ3) is 5.43. The lowest BCUT2D eigenvalue weighted by Crippen LogP contribution is -2.24. The van der Waals surface area contributed by atoms with Gasteiger partial charge in [0.2, 0.25) is 0 Å². The number of piperidine rings is 1. The molecule has 128 valence electrons. The summed E-state index contributed by atoms with van der Waals surface area (Å²) in [6.07, 6.45) is 3.92. The lowest BCUT2D eigenvalue weighted by Gasteiger charge is -2.26. The van der Waals surface area contributed by atoms with Gasteiger partial charge in [0.25, 0.3) is 0 Å². The van der Waals surface area contributed by atoms with Crippen molar-refractivity contribution in [2.45, 2.75) is 24.7 Å². The number of hydrogen-bond donors (Lipinski definition) is 0. The van der Waals surface area contributed by atoms with Gasteiger partial charge in [-0.3, -0.25) is 0 Å². The predicted octanol–water partition coefficient (Wildman–Crippen LogP) is 5.37. The minimum Gasteiger partial charge on any atom is -0.246 e. The summed E-state index contributed by atoms with van der Waals surface area (Å²) in [7, 11) is 0. The highest BCUT2D eigenvalue weighted by Gasteiger charge is 2.16. The van der Waals surface area contributed by atoms with Gasteiger partial charge in [0.05, 0.1) is 4.90 Å². The summed E-state index contributed by atoms with van der Waals surface area (Å²) < 4.78 is 16.9. The molecule has 0 bridgehead atoms. The van der Waals surface area contributed by atoms with Crippen molar-refractivity contribution in [3.05, 3.63) is 69.7 Å². The standard InChI is InChI=1S/C20H18BrFN2S/c1-15-4-2-6-18(23-15)7-3-5-16-10-12-24(13-11-16)25-20-9-8-17(21)14-19(20)22/h2,4-6,8-9,14H,10-13H2,1H3. The molecular formula is C20H18BrFN2S. The fourth-order valence-corrected chi connectivity index (χ4v) is 3.77. The van der Waals surface area contributed by atoms with Crippen LogP contribution >= 0.6 is 27.9 Å². The molecule has 0 atom stereocenters. The Hall–Kier alpha value is -1.61. The molecule has 1 aliphatic rings. The summed E-state index contributed by atoms with van der Waals surface area (Å²) in [5.41, 5.74) is 3.12. The lowest BCUT2D eigenvalue weighted by atomic mass is 10.1. The highest BCUT2D eigenvalue weighted by atomic mass is 79.9. The van der Waals surface area contributed by atoms with E-state index in [0.717, 1.165) is 41.8 Å². The largest absolute Gasteiger partial charge is 0.246 e. The molecule has 1 saturated heterocycles. The van der Waals surface area contributed by atoms with Crippen LogP contribution in [0, 0.1) is 24.6 Å². The van der Waals surface area contributed by atoms with Crippen LogP contribution in [0.4, 0.5) is 4.39 Å². The summed E-state index contributed by atoms with van der Waals surface area (Å²) in [5, 5.41) is 0. The first-order valence-corrected chi connectivity index (χ1v) is 9.68. The molecule has 0 amide bonds. The van der Waals surface area contributed by atoms with Crippen LogP contribution in [0.3, 0.4) is 0 Å². The van der Waals surface area contributed by atoms with Crippen molar-refractivity contribution < 1.29 is 4.39 Å². The molecule has 1 aliphatic heterocycles. The van der Waals surface area contributed by atoms with E-state index in [9.17, 15) is 4.39 Å². The Balaban J connectivity index is 1.55. The molecular weight excluding hydrogens is 399 g/mol. The van der Waals surface area contributed by atoms with E-state index in [1.54, 1.807) is 0 Å². The minimum absolute atomic E-state index is 0.183. The zero-order valence-electron chi connectivity index (χ0n) is 13.9. The van der Waals surface area contributed by atoms with E-state index >= 15 is 0 Å². The first-order chi connectivity index (χ1) is 12.1. The van der Waals surface area contributed by atoms with Crippen LogP contribution in [0.1, 0.15) is 24.2 Å². The van der Waals surface area contributed by atoms with Crippen molar-refractivity contribution in [1.82, 2.24) is 9.29 Å². The van der Waals surface area contributed by atoms with Crippen molar-refractivity contribution in [2.24, 2.45) is 0 Å². The van der Waals surface area contributed by atoms with Crippen molar-refractivity contribution in [2.75, 3.05) is 13.1 Å². The fraction of sp³-hybridized carbons (Fsp3) is 0.250. The molecule has 1 fully saturated rings. The third-order valence-corrected chi connectivity index (χ3v) is 5.50. The molecule has 0 saturated carbocycles. The van der Waals surface area contributed by atoms with Crippen molar-refractivity contribution >= 4 is 27.9 Å². The molecule has 3 rings (SSSR count). The highest BCUT2D eigenvalue weighted by molar-refractivity contribution is 9.10. The van der Waals surface area contributed by atoms with Gasteiger partial charge in [0.1, 0.15) is 11.5 Å². The molecule has 0 spiro atoms. The number of rotatable bonds is 2. The summed E-state index contributed by atoms with van der Waals surface area (Å²) in [5.74, 6) is 6.02. The second-order valence-corrected chi connectivity index (χ2v) is 7.89. The minimum atomic E-state index is -0.183. The molecule has 1 aromatic carbocycles. The Labute approximate surface area is 160 Å². The van der Waals surface area contributed by atoms with Gasteiger partial charge in [-0.1, -0.05) is 33.5 Å². The first kappa shape index (κ1) is 18.2. The molecule has 5 heteroatoms. The Morgan fingerprint density at radius 1 is 1.24 bits per heavy atom. The molecule has 1 aromatic heterocycles. The Morgan fingerprint density at radius 3 is 2.76 bits per heavy atom. The average Bonchev–Trinajstić information content (AvgIpc) is 2.59. The fourth-order valence-electron chi connectivity index (χ4n) is 2.52. The van der Waals surface area contributed by atoms with E-state index in [2.05, 4.69) is 37.1 Å². The smallest absolute Gasteiger partial charge is 0.139 e. The number of aromatic nitrogens is 1. The number of hydrogen-bond acceptors (Lipinski definition) is 3. The highest BCUT2D eigenvalue weighted by Crippen LogP contribution is 2.30. The zero-order valence-corrected chi connectivity index (χ0v) is 16.3. The maximum absolute atomic E-state index is 13.9. The van der Waals surface area contributed by atoms with Gasteiger partial charge >= 0.3 is 0 Å². The third-order valence-electron chi connectivity index (χ3n) is 3.85. The summed E-state index contributed by atoms with van der Waals surface area (Å²) >= 11 is 4.77. The zero-order chi connectivity index (χ0) is 17.6. The van der Waals surface area contributed by atoms with Crippen LogP contribution in [-0.2, 0) is 0 Å². The van der Waals surface area contributed by atoms with Crippen LogP contribution in [0.5, 0.6) is 0 Å². The van der Waals surface area contributed by atoms with E-state index in [-0.39, 0.29) is 5.82 Å². The second kappa shape index (κ2) is 8.66. The van der Waals surface area contributed by atoms with Gasteiger partial charge in [0.15, 0.2) is 0 Å². The average molecular weight is 417 g/mol. The number of allylic oxidation sites excluding steroid dienone is 1. The monoisotopic (exact) mass is 416 g/mol. The summed E-state index contributed by atoms with van der Waals surface area (Å²) in [4.78, 5) is 5.04. The Bertz CT molecular complexity index is 844. The summed E-state index contributed by atoms with van der Waals surface area (Å²) in [6, 6.07) is 11.0. The van der Waals surface area contributed by atoms with E-state index in [1.165, 1.54) is 23.6 Å². The van der Waals surface area contributed by atoms with Gasteiger partial charge in [-0.25, -0.2) is 13.7 Å². The molecule has 2 aromatic rings. The van der Waals surface area contributed by atoms with Crippen LogP contribution in [-0.4, -0.2) is 22.4 Å².